The molecule has 0 atom stereocenters. The summed E-state index contributed by atoms with van der Waals surface area (Å²) in [7, 11) is 0. The number of nitrogens with one attached hydrogen (secondary N) is 1. The first kappa shape index (κ1) is 11.9. The third kappa shape index (κ3) is 3.47. The first-order valence-corrected chi connectivity index (χ1v) is 4.99. The van der Waals surface area contributed by atoms with Crippen molar-refractivity contribution in [3.63, 3.8) is 0 Å². The van der Waals surface area contributed by atoms with Gasteiger partial charge >= 0.3 is 0 Å². The molecule has 1 aromatic heterocycles. The Balaban J connectivity index is 2.86. The van der Waals surface area contributed by atoms with Crippen LogP contribution in [-0.2, 0) is 4.79 Å². The van der Waals surface area contributed by atoms with E-state index in [2.05, 4.69) is 15.3 Å². The molecule has 1 amide bonds. The first-order chi connectivity index (χ1) is 6.79. The number of amides is 1. The van der Waals surface area contributed by atoms with E-state index in [1.807, 2.05) is 20.8 Å². The molecular formula is C10H14ClN3O. The molecule has 1 heterocycles. The van der Waals surface area contributed by atoms with Crippen LogP contribution in [0.4, 0.5) is 5.82 Å². The number of halogens is 1. The Kier molecular flexibility index (Phi) is 3.29. The van der Waals surface area contributed by atoms with Gasteiger partial charge < -0.3 is 5.32 Å². The second-order valence-electron chi connectivity index (χ2n) is 4.33. The maximum absolute atomic E-state index is 11.6. The van der Waals surface area contributed by atoms with Gasteiger partial charge in [0.15, 0.2) is 0 Å². The molecule has 0 fully saturated rings. The standard InChI is InChI=1S/C10H14ClN3O/c1-6-12-7(11)5-8(13-6)14-9(15)10(2,3)4/h5H,1-4H3,(H,12,13,14,15). The number of hydrogen-bond donors (Lipinski definition) is 1. The van der Waals surface area contributed by atoms with Crippen molar-refractivity contribution in [2.45, 2.75) is 27.7 Å². The van der Waals surface area contributed by atoms with Crippen LogP contribution >= 0.6 is 11.6 Å². The minimum atomic E-state index is -0.453. The summed E-state index contributed by atoms with van der Waals surface area (Å²) in [5.41, 5.74) is -0.453. The number of hydrogen-bond acceptors (Lipinski definition) is 3. The highest BCUT2D eigenvalue weighted by molar-refractivity contribution is 6.29. The molecular weight excluding hydrogens is 214 g/mol. The lowest BCUT2D eigenvalue weighted by Gasteiger charge is -2.17. The average Bonchev–Trinajstić information content (AvgIpc) is 1.99. The second kappa shape index (κ2) is 4.14. The molecule has 0 radical (unpaired) electrons. The van der Waals surface area contributed by atoms with Crippen LogP contribution in [0.2, 0.25) is 5.15 Å². The van der Waals surface area contributed by atoms with Gasteiger partial charge in [0.05, 0.1) is 0 Å². The molecule has 15 heavy (non-hydrogen) atoms. The molecule has 4 nitrogen and oxygen atoms in total. The van der Waals surface area contributed by atoms with Crippen LogP contribution in [0, 0.1) is 12.3 Å². The summed E-state index contributed by atoms with van der Waals surface area (Å²) in [5, 5.41) is 3.01. The Bertz CT molecular complexity index is 364. The number of carbonyl (C=O) groups is 1. The van der Waals surface area contributed by atoms with E-state index in [9.17, 15) is 4.79 Å². The topological polar surface area (TPSA) is 54.9 Å². The van der Waals surface area contributed by atoms with Crippen molar-refractivity contribution in [3.8, 4) is 0 Å². The quantitative estimate of drug-likeness (QED) is 0.750. The van der Waals surface area contributed by atoms with Gasteiger partial charge in [0.1, 0.15) is 16.8 Å². The van der Waals surface area contributed by atoms with Crippen molar-refractivity contribution in [2.24, 2.45) is 5.41 Å². The Hall–Kier alpha value is -1.16. The van der Waals surface area contributed by atoms with Crippen molar-refractivity contribution in [2.75, 3.05) is 5.32 Å². The van der Waals surface area contributed by atoms with E-state index in [1.54, 1.807) is 6.92 Å². The fourth-order valence-corrected chi connectivity index (χ4v) is 1.12. The first-order valence-electron chi connectivity index (χ1n) is 4.61. The smallest absolute Gasteiger partial charge is 0.230 e. The van der Waals surface area contributed by atoms with Crippen molar-refractivity contribution >= 4 is 23.3 Å². The summed E-state index contributed by atoms with van der Waals surface area (Å²) in [6, 6.07) is 1.53. The summed E-state index contributed by atoms with van der Waals surface area (Å²) in [6.07, 6.45) is 0. The predicted molar refractivity (Wildman–Crippen MR) is 59.9 cm³/mol. The Morgan fingerprint density at radius 1 is 1.40 bits per heavy atom. The molecule has 5 heteroatoms. The lowest BCUT2D eigenvalue weighted by atomic mass is 9.96. The van der Waals surface area contributed by atoms with Gasteiger partial charge in [0.25, 0.3) is 0 Å². The van der Waals surface area contributed by atoms with Gasteiger partial charge in [0, 0.05) is 11.5 Å². The highest BCUT2D eigenvalue weighted by Crippen LogP contribution is 2.17. The minimum Gasteiger partial charge on any atom is -0.310 e. The number of carbonyl (C=O) groups excluding carboxylic acids is 1. The maximum atomic E-state index is 11.6. The van der Waals surface area contributed by atoms with Crippen molar-refractivity contribution < 1.29 is 4.79 Å². The van der Waals surface area contributed by atoms with Gasteiger partial charge in [-0.15, -0.1) is 0 Å². The SMILES string of the molecule is Cc1nc(Cl)cc(NC(=O)C(C)(C)C)n1. The molecule has 0 unspecified atom stereocenters. The van der Waals surface area contributed by atoms with Crippen LogP contribution in [0.5, 0.6) is 0 Å². The Labute approximate surface area is 94.1 Å². The van der Waals surface area contributed by atoms with Crippen LogP contribution in [-0.4, -0.2) is 15.9 Å². The van der Waals surface area contributed by atoms with Gasteiger partial charge in [-0.3, -0.25) is 4.79 Å². The Morgan fingerprint density at radius 2 is 2.00 bits per heavy atom. The summed E-state index contributed by atoms with van der Waals surface area (Å²) >= 11 is 5.75. The minimum absolute atomic E-state index is 0.100. The zero-order chi connectivity index (χ0) is 11.6. The van der Waals surface area contributed by atoms with Gasteiger partial charge in [-0.25, -0.2) is 9.97 Å². The molecule has 0 bridgehead atoms. The molecule has 82 valence electrons. The zero-order valence-corrected chi connectivity index (χ0v) is 10.0. The van der Waals surface area contributed by atoms with E-state index in [0.29, 0.717) is 16.8 Å². The van der Waals surface area contributed by atoms with E-state index in [1.165, 1.54) is 6.07 Å². The largest absolute Gasteiger partial charge is 0.310 e. The molecule has 0 aromatic carbocycles. The van der Waals surface area contributed by atoms with Gasteiger partial charge in [-0.2, -0.15) is 0 Å². The molecule has 0 aliphatic carbocycles. The highest BCUT2D eigenvalue weighted by atomic mass is 35.5. The third-order valence-electron chi connectivity index (χ3n) is 1.73. The van der Waals surface area contributed by atoms with Crippen LogP contribution < -0.4 is 5.32 Å². The van der Waals surface area contributed by atoms with Gasteiger partial charge in [-0.1, -0.05) is 32.4 Å². The van der Waals surface area contributed by atoms with Crippen LogP contribution in [0.3, 0.4) is 0 Å². The lowest BCUT2D eigenvalue weighted by Crippen LogP contribution is -2.28. The van der Waals surface area contributed by atoms with E-state index < -0.39 is 5.41 Å². The number of aromatic nitrogens is 2. The van der Waals surface area contributed by atoms with Crippen molar-refractivity contribution in [1.29, 1.82) is 0 Å². The number of anilines is 1. The third-order valence-corrected chi connectivity index (χ3v) is 1.92. The summed E-state index contributed by atoms with van der Waals surface area (Å²) < 4.78 is 0. The van der Waals surface area contributed by atoms with E-state index in [4.69, 9.17) is 11.6 Å². The second-order valence-corrected chi connectivity index (χ2v) is 4.71. The normalized spacial score (nSPS) is 11.3. The summed E-state index contributed by atoms with van der Waals surface area (Å²) in [5.74, 6) is 0.871. The van der Waals surface area contributed by atoms with Gasteiger partial charge in [-0.05, 0) is 6.92 Å². The average molecular weight is 228 g/mol. The molecule has 1 N–H and O–H groups in total. The van der Waals surface area contributed by atoms with E-state index in [0.717, 1.165) is 0 Å². The molecule has 1 rings (SSSR count). The van der Waals surface area contributed by atoms with E-state index >= 15 is 0 Å². The summed E-state index contributed by atoms with van der Waals surface area (Å²) in [6.45, 7) is 7.21. The lowest BCUT2D eigenvalue weighted by molar-refractivity contribution is -0.123. The number of aryl methyl sites for hydroxylation is 1. The predicted octanol–water partition coefficient (Wildman–Crippen LogP) is 2.42. The molecule has 0 aliphatic heterocycles. The van der Waals surface area contributed by atoms with Gasteiger partial charge in [0.2, 0.25) is 5.91 Å². The fourth-order valence-electron chi connectivity index (χ4n) is 0.899. The molecule has 0 saturated heterocycles. The molecule has 0 aliphatic rings. The van der Waals surface area contributed by atoms with Crippen molar-refractivity contribution in [3.05, 3.63) is 17.0 Å². The molecule has 1 aromatic rings. The van der Waals surface area contributed by atoms with Crippen LogP contribution in [0.15, 0.2) is 6.07 Å². The molecule has 0 spiro atoms. The Morgan fingerprint density at radius 3 is 2.47 bits per heavy atom. The maximum Gasteiger partial charge on any atom is 0.230 e. The van der Waals surface area contributed by atoms with Crippen LogP contribution in [0.1, 0.15) is 26.6 Å². The number of rotatable bonds is 1. The van der Waals surface area contributed by atoms with Crippen LogP contribution in [0.25, 0.3) is 0 Å². The summed E-state index contributed by atoms with van der Waals surface area (Å²) in [4.78, 5) is 19.6. The monoisotopic (exact) mass is 227 g/mol. The van der Waals surface area contributed by atoms with E-state index in [-0.39, 0.29) is 5.91 Å². The zero-order valence-electron chi connectivity index (χ0n) is 9.26. The molecule has 0 saturated carbocycles. The van der Waals surface area contributed by atoms with Crippen molar-refractivity contribution in [1.82, 2.24) is 9.97 Å². The fraction of sp³-hybridized carbons (Fsp3) is 0.500. The highest BCUT2D eigenvalue weighted by Gasteiger charge is 2.21. The number of nitrogens with zero attached hydrogens (tertiary/aromatic N) is 2.